The van der Waals surface area contributed by atoms with Crippen LogP contribution in [0.3, 0.4) is 0 Å². The van der Waals surface area contributed by atoms with Crippen molar-refractivity contribution >= 4 is 5.91 Å². The van der Waals surface area contributed by atoms with E-state index in [0.717, 1.165) is 24.9 Å². The Morgan fingerprint density at radius 2 is 2.06 bits per heavy atom. The van der Waals surface area contributed by atoms with Crippen molar-refractivity contribution in [2.24, 2.45) is 11.7 Å². The maximum Gasteiger partial charge on any atom is 0.224 e. The van der Waals surface area contributed by atoms with Crippen LogP contribution in [-0.2, 0) is 11.2 Å². The second kappa shape index (κ2) is 5.82. The summed E-state index contributed by atoms with van der Waals surface area (Å²) in [5.74, 6) is 0.560. The Hall–Kier alpha value is -1.35. The predicted octanol–water partition coefficient (Wildman–Crippen LogP) is 1.47. The van der Waals surface area contributed by atoms with Gasteiger partial charge in [-0.3, -0.25) is 4.79 Å². The summed E-state index contributed by atoms with van der Waals surface area (Å²) in [6.07, 6.45) is 3.90. The van der Waals surface area contributed by atoms with E-state index in [0.29, 0.717) is 12.3 Å². The molecule has 1 aromatic carbocycles. The van der Waals surface area contributed by atoms with Gasteiger partial charge < -0.3 is 11.1 Å². The lowest BCUT2D eigenvalue weighted by molar-refractivity contribution is -0.120. The van der Waals surface area contributed by atoms with Crippen molar-refractivity contribution < 1.29 is 4.79 Å². The monoisotopic (exact) mass is 232 g/mol. The number of nitrogens with one attached hydrogen (secondary N) is 1. The van der Waals surface area contributed by atoms with Gasteiger partial charge in [0.05, 0.1) is 6.42 Å². The summed E-state index contributed by atoms with van der Waals surface area (Å²) >= 11 is 0. The van der Waals surface area contributed by atoms with Crippen molar-refractivity contribution in [1.29, 1.82) is 0 Å². The van der Waals surface area contributed by atoms with E-state index in [-0.39, 0.29) is 11.9 Å². The van der Waals surface area contributed by atoms with Crippen molar-refractivity contribution in [2.75, 3.05) is 6.54 Å². The maximum absolute atomic E-state index is 11.7. The molecule has 1 aliphatic carbocycles. The van der Waals surface area contributed by atoms with Crippen LogP contribution < -0.4 is 11.1 Å². The van der Waals surface area contributed by atoms with E-state index in [1.54, 1.807) is 0 Å². The number of carbonyl (C=O) groups excluding carboxylic acids is 1. The molecule has 1 amide bonds. The highest BCUT2D eigenvalue weighted by Crippen LogP contribution is 2.22. The molecule has 0 aliphatic heterocycles. The van der Waals surface area contributed by atoms with E-state index in [1.165, 1.54) is 6.42 Å². The van der Waals surface area contributed by atoms with Gasteiger partial charge in [-0.15, -0.1) is 0 Å². The fourth-order valence-corrected chi connectivity index (χ4v) is 2.41. The molecule has 0 heterocycles. The molecule has 3 N–H and O–H groups in total. The summed E-state index contributed by atoms with van der Waals surface area (Å²) in [7, 11) is 0. The first-order valence-corrected chi connectivity index (χ1v) is 6.32. The fraction of sp³-hybridized carbons (Fsp3) is 0.500. The molecule has 2 atom stereocenters. The topological polar surface area (TPSA) is 55.1 Å². The molecule has 1 saturated carbocycles. The van der Waals surface area contributed by atoms with Gasteiger partial charge >= 0.3 is 0 Å². The van der Waals surface area contributed by atoms with E-state index < -0.39 is 0 Å². The molecule has 1 fully saturated rings. The minimum Gasteiger partial charge on any atom is -0.355 e. The molecule has 17 heavy (non-hydrogen) atoms. The molecule has 0 aromatic heterocycles. The van der Waals surface area contributed by atoms with Gasteiger partial charge in [0.15, 0.2) is 0 Å². The fourth-order valence-electron chi connectivity index (χ4n) is 2.41. The number of benzene rings is 1. The molecule has 0 spiro atoms. The zero-order valence-corrected chi connectivity index (χ0v) is 10.1. The minimum atomic E-state index is 0.0929. The average Bonchev–Trinajstić information content (AvgIpc) is 2.74. The summed E-state index contributed by atoms with van der Waals surface area (Å²) in [5.41, 5.74) is 7.02. The molecule has 0 bridgehead atoms. The lowest BCUT2D eigenvalue weighted by atomic mass is 10.0. The van der Waals surface area contributed by atoms with Crippen LogP contribution in [0.1, 0.15) is 24.8 Å². The lowest BCUT2D eigenvalue weighted by Crippen LogP contribution is -2.36. The van der Waals surface area contributed by atoms with E-state index in [4.69, 9.17) is 5.73 Å². The molecule has 1 aliphatic rings. The summed E-state index contributed by atoms with van der Waals surface area (Å²) < 4.78 is 0. The van der Waals surface area contributed by atoms with Crippen LogP contribution in [0, 0.1) is 5.92 Å². The van der Waals surface area contributed by atoms with Crippen LogP contribution in [-0.4, -0.2) is 18.5 Å². The quantitative estimate of drug-likeness (QED) is 0.826. The standard InChI is InChI=1S/C14H20N2O/c15-13-8-4-7-12(13)10-16-14(17)9-11-5-2-1-3-6-11/h1-3,5-6,12-13H,4,7-10,15H2,(H,16,17). The highest BCUT2D eigenvalue weighted by atomic mass is 16.1. The maximum atomic E-state index is 11.7. The van der Waals surface area contributed by atoms with Gasteiger partial charge in [-0.05, 0) is 24.3 Å². The molecule has 92 valence electrons. The van der Waals surface area contributed by atoms with Crippen LogP contribution in [0.4, 0.5) is 0 Å². The third kappa shape index (κ3) is 3.56. The Kier molecular flexibility index (Phi) is 4.15. The van der Waals surface area contributed by atoms with Crippen LogP contribution in [0.25, 0.3) is 0 Å². The number of hydrogen-bond acceptors (Lipinski definition) is 2. The molecule has 2 unspecified atom stereocenters. The summed E-state index contributed by atoms with van der Waals surface area (Å²) in [5, 5.41) is 2.98. The van der Waals surface area contributed by atoms with E-state index in [1.807, 2.05) is 30.3 Å². The number of nitrogens with two attached hydrogens (primary N) is 1. The zero-order chi connectivity index (χ0) is 12.1. The molecule has 1 aromatic rings. The highest BCUT2D eigenvalue weighted by molar-refractivity contribution is 5.78. The highest BCUT2D eigenvalue weighted by Gasteiger charge is 2.23. The van der Waals surface area contributed by atoms with Gasteiger partial charge in [0.2, 0.25) is 5.91 Å². The van der Waals surface area contributed by atoms with Gasteiger partial charge in [0, 0.05) is 12.6 Å². The van der Waals surface area contributed by atoms with E-state index in [9.17, 15) is 4.79 Å². The van der Waals surface area contributed by atoms with Gasteiger partial charge in [-0.1, -0.05) is 36.8 Å². The average molecular weight is 232 g/mol. The smallest absolute Gasteiger partial charge is 0.224 e. The Morgan fingerprint density at radius 1 is 1.29 bits per heavy atom. The largest absolute Gasteiger partial charge is 0.355 e. The molecular formula is C14H20N2O. The third-order valence-corrected chi connectivity index (χ3v) is 3.49. The second-order valence-electron chi connectivity index (χ2n) is 4.82. The zero-order valence-electron chi connectivity index (χ0n) is 10.1. The Labute approximate surface area is 102 Å². The van der Waals surface area contributed by atoms with Gasteiger partial charge in [-0.25, -0.2) is 0 Å². The van der Waals surface area contributed by atoms with Crippen LogP contribution in [0.5, 0.6) is 0 Å². The Balaban J connectivity index is 1.74. The number of hydrogen-bond donors (Lipinski definition) is 2. The van der Waals surface area contributed by atoms with E-state index >= 15 is 0 Å². The first-order valence-electron chi connectivity index (χ1n) is 6.32. The van der Waals surface area contributed by atoms with Crippen molar-refractivity contribution in [3.05, 3.63) is 35.9 Å². The summed E-state index contributed by atoms with van der Waals surface area (Å²) in [6.45, 7) is 0.729. The van der Waals surface area contributed by atoms with E-state index in [2.05, 4.69) is 5.32 Å². The number of amides is 1. The molecular weight excluding hydrogens is 212 g/mol. The molecule has 0 radical (unpaired) electrons. The van der Waals surface area contributed by atoms with Crippen LogP contribution >= 0.6 is 0 Å². The van der Waals surface area contributed by atoms with Crippen LogP contribution in [0.15, 0.2) is 30.3 Å². The van der Waals surface area contributed by atoms with Crippen molar-refractivity contribution in [3.63, 3.8) is 0 Å². The van der Waals surface area contributed by atoms with Crippen LogP contribution in [0.2, 0.25) is 0 Å². The van der Waals surface area contributed by atoms with Gasteiger partial charge in [0.25, 0.3) is 0 Å². The summed E-state index contributed by atoms with van der Waals surface area (Å²) in [6, 6.07) is 10.1. The molecule has 3 heteroatoms. The van der Waals surface area contributed by atoms with Crippen molar-refractivity contribution in [3.8, 4) is 0 Å². The van der Waals surface area contributed by atoms with Crippen molar-refractivity contribution in [2.45, 2.75) is 31.7 Å². The Morgan fingerprint density at radius 3 is 2.71 bits per heavy atom. The first-order chi connectivity index (χ1) is 8.25. The third-order valence-electron chi connectivity index (χ3n) is 3.49. The number of carbonyl (C=O) groups is 1. The normalized spacial score (nSPS) is 23.6. The molecule has 0 saturated heterocycles. The minimum absolute atomic E-state index is 0.0929. The first kappa shape index (κ1) is 12.1. The van der Waals surface area contributed by atoms with Gasteiger partial charge in [-0.2, -0.15) is 0 Å². The SMILES string of the molecule is NC1CCCC1CNC(=O)Cc1ccccc1. The molecule has 2 rings (SSSR count). The molecule has 3 nitrogen and oxygen atoms in total. The van der Waals surface area contributed by atoms with Crippen molar-refractivity contribution in [1.82, 2.24) is 5.32 Å². The Bertz CT molecular complexity index is 364. The number of rotatable bonds is 4. The van der Waals surface area contributed by atoms with Gasteiger partial charge in [0.1, 0.15) is 0 Å². The summed E-state index contributed by atoms with van der Waals surface area (Å²) in [4.78, 5) is 11.7. The second-order valence-corrected chi connectivity index (χ2v) is 4.82. The lowest BCUT2D eigenvalue weighted by Gasteiger charge is -2.15. The predicted molar refractivity (Wildman–Crippen MR) is 68.5 cm³/mol.